The Labute approximate surface area is 154 Å². The molecule has 1 N–H and O–H groups in total. The highest BCUT2D eigenvalue weighted by Gasteiger charge is 2.20. The summed E-state index contributed by atoms with van der Waals surface area (Å²) >= 11 is 0. The first-order valence-corrected chi connectivity index (χ1v) is 8.72. The topological polar surface area (TPSA) is 64.3 Å². The van der Waals surface area contributed by atoms with Crippen LogP contribution in [0.5, 0.6) is 5.75 Å². The quantitative estimate of drug-likeness (QED) is 0.603. The molecule has 27 heavy (non-hydrogen) atoms. The predicted octanol–water partition coefficient (Wildman–Crippen LogP) is 3.48. The lowest BCUT2D eigenvalue weighted by Crippen LogP contribution is -2.09. The number of anilines is 1. The minimum Gasteiger partial charge on any atom is -0.493 e. The van der Waals surface area contributed by atoms with Crippen LogP contribution in [0.15, 0.2) is 55.0 Å². The van der Waals surface area contributed by atoms with Crippen molar-refractivity contribution in [1.29, 1.82) is 0 Å². The van der Waals surface area contributed by atoms with Crippen molar-refractivity contribution in [3.8, 4) is 16.9 Å². The van der Waals surface area contributed by atoms with E-state index >= 15 is 0 Å². The Hall–Kier alpha value is -3.48. The van der Waals surface area contributed by atoms with Crippen molar-refractivity contribution in [3.05, 3.63) is 71.9 Å². The van der Waals surface area contributed by atoms with Crippen LogP contribution in [0.3, 0.4) is 0 Å². The summed E-state index contributed by atoms with van der Waals surface area (Å²) in [6.07, 6.45) is 4.08. The van der Waals surface area contributed by atoms with Crippen LogP contribution in [0.2, 0.25) is 0 Å². The molecule has 0 bridgehead atoms. The van der Waals surface area contributed by atoms with Gasteiger partial charge in [0, 0.05) is 35.9 Å². The molecule has 1 aliphatic heterocycles. The minimum atomic E-state index is -0.243. The molecular weight excluding hydrogens is 345 g/mol. The van der Waals surface area contributed by atoms with Crippen LogP contribution in [-0.4, -0.2) is 26.2 Å². The van der Waals surface area contributed by atoms with Gasteiger partial charge >= 0.3 is 0 Å². The highest BCUT2D eigenvalue weighted by molar-refractivity contribution is 5.77. The first kappa shape index (κ1) is 15.7. The summed E-state index contributed by atoms with van der Waals surface area (Å²) in [6.45, 7) is 0.898. The van der Waals surface area contributed by atoms with E-state index in [-0.39, 0.29) is 5.82 Å². The van der Waals surface area contributed by atoms with E-state index in [1.165, 1.54) is 6.07 Å². The zero-order valence-electron chi connectivity index (χ0n) is 14.4. The molecular formula is C20H16FN5O. The van der Waals surface area contributed by atoms with Crippen molar-refractivity contribution in [3.63, 3.8) is 0 Å². The molecule has 7 heteroatoms. The van der Waals surface area contributed by atoms with E-state index in [1.54, 1.807) is 23.0 Å². The van der Waals surface area contributed by atoms with Gasteiger partial charge in [0.15, 0.2) is 5.65 Å². The molecule has 0 unspecified atom stereocenters. The molecule has 0 saturated carbocycles. The molecule has 6 nitrogen and oxygen atoms in total. The Morgan fingerprint density at radius 2 is 2.04 bits per heavy atom. The predicted molar refractivity (Wildman–Crippen MR) is 99.1 cm³/mol. The van der Waals surface area contributed by atoms with Crippen LogP contribution in [0, 0.1) is 5.82 Å². The molecule has 134 valence electrons. The lowest BCUT2D eigenvalue weighted by Gasteiger charge is -2.12. The number of ether oxygens (including phenoxy) is 1. The van der Waals surface area contributed by atoms with E-state index in [0.717, 1.165) is 22.4 Å². The highest BCUT2D eigenvalue weighted by Crippen LogP contribution is 2.31. The van der Waals surface area contributed by atoms with E-state index in [2.05, 4.69) is 20.5 Å². The molecule has 0 fully saturated rings. The van der Waals surface area contributed by atoms with Gasteiger partial charge in [-0.1, -0.05) is 30.3 Å². The maximum atomic E-state index is 14.3. The van der Waals surface area contributed by atoms with Gasteiger partial charge in [-0.15, -0.1) is 10.2 Å². The fourth-order valence-corrected chi connectivity index (χ4v) is 3.45. The van der Waals surface area contributed by atoms with Crippen molar-refractivity contribution in [1.82, 2.24) is 19.6 Å². The summed E-state index contributed by atoms with van der Waals surface area (Å²) < 4.78 is 21.7. The van der Waals surface area contributed by atoms with Crippen molar-refractivity contribution in [2.24, 2.45) is 0 Å². The number of aromatic nitrogens is 4. The molecule has 2 aromatic carbocycles. The molecule has 0 amide bonds. The van der Waals surface area contributed by atoms with Crippen molar-refractivity contribution in [2.75, 3.05) is 11.9 Å². The largest absolute Gasteiger partial charge is 0.493 e. The van der Waals surface area contributed by atoms with Gasteiger partial charge in [0.2, 0.25) is 5.95 Å². The van der Waals surface area contributed by atoms with Crippen LogP contribution in [0.4, 0.5) is 10.3 Å². The second-order valence-electron chi connectivity index (χ2n) is 6.34. The molecule has 0 aliphatic carbocycles. The third-order valence-electron chi connectivity index (χ3n) is 4.78. The Morgan fingerprint density at radius 3 is 2.93 bits per heavy atom. The molecule has 5 rings (SSSR count). The fraction of sp³-hybridized carbons (Fsp3) is 0.150. The molecule has 0 atom stereocenters. The Kier molecular flexibility index (Phi) is 3.71. The number of nitrogens with one attached hydrogen (secondary N) is 1. The summed E-state index contributed by atoms with van der Waals surface area (Å²) in [7, 11) is 0. The summed E-state index contributed by atoms with van der Waals surface area (Å²) in [5.41, 5.74) is 4.13. The number of fused-ring (bicyclic) bond motifs is 2. The van der Waals surface area contributed by atoms with Crippen LogP contribution in [-0.2, 0) is 13.0 Å². The van der Waals surface area contributed by atoms with Gasteiger partial charge in [-0.05, 0) is 17.7 Å². The van der Waals surface area contributed by atoms with Crippen LogP contribution in [0.25, 0.3) is 16.8 Å². The van der Waals surface area contributed by atoms with E-state index in [4.69, 9.17) is 4.74 Å². The van der Waals surface area contributed by atoms with Crippen LogP contribution < -0.4 is 10.1 Å². The van der Waals surface area contributed by atoms with Gasteiger partial charge in [-0.3, -0.25) is 4.40 Å². The summed E-state index contributed by atoms with van der Waals surface area (Å²) in [6, 6.07) is 13.0. The monoisotopic (exact) mass is 361 g/mol. The lowest BCUT2D eigenvalue weighted by atomic mass is 10.0. The fourth-order valence-electron chi connectivity index (χ4n) is 3.45. The van der Waals surface area contributed by atoms with E-state index in [1.807, 2.05) is 30.3 Å². The highest BCUT2D eigenvalue weighted by atomic mass is 19.1. The second-order valence-corrected chi connectivity index (χ2v) is 6.34. The van der Waals surface area contributed by atoms with Gasteiger partial charge in [0.25, 0.3) is 0 Å². The summed E-state index contributed by atoms with van der Waals surface area (Å²) in [5.74, 6) is 1.08. The zero-order chi connectivity index (χ0) is 18.2. The van der Waals surface area contributed by atoms with Crippen molar-refractivity contribution < 1.29 is 9.13 Å². The van der Waals surface area contributed by atoms with Gasteiger partial charge in [-0.25, -0.2) is 9.37 Å². The van der Waals surface area contributed by atoms with Crippen LogP contribution >= 0.6 is 0 Å². The Morgan fingerprint density at radius 1 is 1.15 bits per heavy atom. The van der Waals surface area contributed by atoms with E-state index in [9.17, 15) is 4.39 Å². The average Bonchev–Trinajstić information content (AvgIpc) is 3.37. The molecule has 0 radical (unpaired) electrons. The zero-order valence-corrected chi connectivity index (χ0v) is 14.4. The number of rotatable bonds is 4. The minimum absolute atomic E-state index is 0.243. The van der Waals surface area contributed by atoms with E-state index in [0.29, 0.717) is 36.7 Å². The molecule has 2 aromatic heterocycles. The maximum absolute atomic E-state index is 14.3. The first-order valence-electron chi connectivity index (χ1n) is 8.72. The Bertz CT molecular complexity index is 1130. The normalized spacial score (nSPS) is 12.8. The lowest BCUT2D eigenvalue weighted by molar-refractivity contribution is 0.356. The van der Waals surface area contributed by atoms with Gasteiger partial charge in [0.1, 0.15) is 17.9 Å². The number of hydrogen-bond donors (Lipinski definition) is 1. The number of nitrogens with zero attached hydrogens (tertiary/aromatic N) is 4. The third kappa shape index (κ3) is 2.68. The number of benzene rings is 2. The van der Waals surface area contributed by atoms with Crippen LogP contribution in [0.1, 0.15) is 11.1 Å². The molecule has 0 spiro atoms. The van der Waals surface area contributed by atoms with Crippen molar-refractivity contribution >= 4 is 11.6 Å². The average molecular weight is 361 g/mol. The number of hydrogen-bond acceptors (Lipinski definition) is 5. The van der Waals surface area contributed by atoms with Gasteiger partial charge in [-0.2, -0.15) is 0 Å². The molecule has 1 aliphatic rings. The SMILES string of the molecule is Fc1ccc2c(c1CNc1ncc(-c3ccccc3)c3nncn13)CCO2. The Balaban J connectivity index is 1.49. The second kappa shape index (κ2) is 6.35. The standard InChI is InChI=1S/C20H16FN5O/c21-17-6-7-18-14(8-9-27-18)16(17)11-23-20-22-10-15(13-4-2-1-3-5-13)19-25-24-12-26(19)20/h1-7,10,12H,8-9,11H2,(H,22,23). The summed E-state index contributed by atoms with van der Waals surface area (Å²) in [5, 5.41) is 11.5. The smallest absolute Gasteiger partial charge is 0.210 e. The third-order valence-corrected chi connectivity index (χ3v) is 4.78. The summed E-state index contributed by atoms with van der Waals surface area (Å²) in [4.78, 5) is 4.51. The molecule has 3 heterocycles. The van der Waals surface area contributed by atoms with Gasteiger partial charge in [0.05, 0.1) is 6.61 Å². The maximum Gasteiger partial charge on any atom is 0.210 e. The van der Waals surface area contributed by atoms with E-state index < -0.39 is 0 Å². The molecule has 0 saturated heterocycles. The molecule has 4 aromatic rings. The number of halogens is 1. The first-order chi connectivity index (χ1) is 13.3. The van der Waals surface area contributed by atoms with Gasteiger partial charge < -0.3 is 10.1 Å². The van der Waals surface area contributed by atoms with Crippen molar-refractivity contribution in [2.45, 2.75) is 13.0 Å².